The van der Waals surface area contributed by atoms with Crippen molar-refractivity contribution in [3.8, 4) is 0 Å². The van der Waals surface area contributed by atoms with Gasteiger partial charge in [0, 0.05) is 0 Å². The van der Waals surface area contributed by atoms with E-state index in [-0.39, 0.29) is 0 Å². The van der Waals surface area contributed by atoms with Crippen LogP contribution >= 0.6 is 0 Å². The zero-order chi connectivity index (χ0) is 24.0. The van der Waals surface area contributed by atoms with Gasteiger partial charge in [0.2, 0.25) is 12.2 Å². The minimum atomic E-state index is -7.16. The lowest BCUT2D eigenvalue weighted by molar-refractivity contribution is -0.388. The van der Waals surface area contributed by atoms with E-state index >= 15 is 0 Å². The number of halogens is 18. The van der Waals surface area contributed by atoms with E-state index in [4.69, 9.17) is 0 Å². The van der Waals surface area contributed by atoms with Crippen molar-refractivity contribution >= 4 is 0 Å². The van der Waals surface area contributed by atoms with Crippen molar-refractivity contribution in [3.63, 3.8) is 0 Å². The quantitative estimate of drug-likeness (QED) is 0.427. The van der Waals surface area contributed by atoms with Gasteiger partial charge in [-0.05, 0) is 0 Å². The van der Waals surface area contributed by atoms with Crippen LogP contribution in [-0.2, 0) is 4.74 Å². The number of hydrogen-bond donors (Lipinski definition) is 0. The molecular weight excluding hydrogens is 478 g/mol. The van der Waals surface area contributed by atoms with E-state index in [0.29, 0.717) is 0 Å². The maximum atomic E-state index is 13.2. The predicted molar refractivity (Wildman–Crippen MR) is 52.6 cm³/mol. The van der Waals surface area contributed by atoms with Crippen LogP contribution in [0.3, 0.4) is 0 Å². The van der Waals surface area contributed by atoms with E-state index in [1.807, 2.05) is 0 Å². The molecule has 0 saturated heterocycles. The second kappa shape index (κ2) is 7.75. The summed E-state index contributed by atoms with van der Waals surface area (Å²) in [6.07, 6.45) is -52.0. The van der Waals surface area contributed by atoms with Crippen LogP contribution in [0.1, 0.15) is 0 Å². The number of hydrogen-bond acceptors (Lipinski definition) is 1. The molecule has 1 nitrogen and oxygen atoms in total. The van der Waals surface area contributed by atoms with Gasteiger partial charge >= 0.3 is 36.6 Å². The maximum Gasteiger partial charge on any atom is 0.425 e. The van der Waals surface area contributed by atoms with Gasteiger partial charge < -0.3 is 4.74 Å². The summed E-state index contributed by atoms with van der Waals surface area (Å²) < 4.78 is 227. The molecule has 29 heavy (non-hydrogen) atoms. The number of rotatable bonds is 6. The lowest BCUT2D eigenvalue weighted by Gasteiger charge is -2.37. The Kier molecular flexibility index (Phi) is 7.40. The first-order valence-electron chi connectivity index (χ1n) is 6.24. The van der Waals surface area contributed by atoms with Gasteiger partial charge in [-0.15, -0.1) is 0 Å². The van der Waals surface area contributed by atoms with Crippen LogP contribution in [0, 0.1) is 0 Å². The minimum absolute atomic E-state index is 2.11. The zero-order valence-electron chi connectivity index (χ0n) is 12.5. The molecule has 0 aliphatic rings. The van der Waals surface area contributed by atoms with Gasteiger partial charge in [0.05, 0.1) is 0 Å². The average Bonchev–Trinajstić information content (AvgIpc) is 2.40. The van der Waals surface area contributed by atoms with Crippen molar-refractivity contribution in [3.05, 3.63) is 0 Å². The molecule has 0 rings (SSSR count). The highest BCUT2D eigenvalue weighted by Crippen LogP contribution is 2.49. The monoisotopic (exact) mass is 482 g/mol. The Balaban J connectivity index is 6.43. The first kappa shape index (κ1) is 27.7. The van der Waals surface area contributed by atoms with Gasteiger partial charge in [-0.3, -0.25) is 0 Å². The summed E-state index contributed by atoms with van der Waals surface area (Å²) in [7, 11) is 0. The molecule has 0 aromatic carbocycles. The topological polar surface area (TPSA) is 9.23 Å². The summed E-state index contributed by atoms with van der Waals surface area (Å²) in [6.45, 7) is 0. The maximum absolute atomic E-state index is 13.2. The van der Waals surface area contributed by atoms with E-state index in [1.165, 1.54) is 0 Å². The highest BCUT2D eigenvalue weighted by Gasteiger charge is 2.74. The first-order valence-corrected chi connectivity index (χ1v) is 6.24. The van der Waals surface area contributed by atoms with Crippen molar-refractivity contribution in [1.82, 2.24) is 0 Å². The van der Waals surface area contributed by atoms with Gasteiger partial charge in [-0.1, -0.05) is 0 Å². The molecule has 4 atom stereocenters. The summed E-state index contributed by atoms with van der Waals surface area (Å²) in [5.41, 5.74) is 0. The standard InChI is InChI=1S/C10H4F18O/c11-1(7(17,18)19)5(13,14)3(9(23,24)25)29-4(10(26,27)28)6(15,16)2(12)8(20,21)22/h1-4H. The molecular formula is C10H4F18O. The lowest BCUT2D eigenvalue weighted by Crippen LogP contribution is -2.63. The Morgan fingerprint density at radius 2 is 0.586 bits per heavy atom. The van der Waals surface area contributed by atoms with Crippen molar-refractivity contribution in [2.75, 3.05) is 0 Å². The molecule has 0 amide bonds. The highest BCUT2D eigenvalue weighted by molar-refractivity contribution is 4.99. The second-order valence-electron chi connectivity index (χ2n) is 5.14. The molecule has 19 heteroatoms. The van der Waals surface area contributed by atoms with Crippen LogP contribution < -0.4 is 0 Å². The van der Waals surface area contributed by atoms with E-state index in [9.17, 15) is 79.0 Å². The molecule has 176 valence electrons. The van der Waals surface area contributed by atoms with Gasteiger partial charge in [-0.25, -0.2) is 8.78 Å². The van der Waals surface area contributed by atoms with Crippen LogP contribution in [0.5, 0.6) is 0 Å². The normalized spacial score (nSPS) is 19.7. The van der Waals surface area contributed by atoms with Crippen molar-refractivity contribution in [1.29, 1.82) is 0 Å². The summed E-state index contributed by atoms with van der Waals surface area (Å²) in [5, 5.41) is 0. The molecule has 0 aliphatic carbocycles. The Morgan fingerprint density at radius 1 is 0.379 bits per heavy atom. The molecule has 0 bridgehead atoms. The van der Waals surface area contributed by atoms with E-state index < -0.39 is 61.1 Å². The third-order valence-electron chi connectivity index (χ3n) is 2.82. The number of ether oxygens (including phenoxy) is 1. The number of alkyl halides is 18. The molecule has 0 heterocycles. The van der Waals surface area contributed by atoms with Gasteiger partial charge in [0.1, 0.15) is 0 Å². The molecule has 0 N–H and O–H groups in total. The third kappa shape index (κ3) is 6.34. The van der Waals surface area contributed by atoms with E-state index in [2.05, 4.69) is 4.74 Å². The molecule has 0 aromatic heterocycles. The Morgan fingerprint density at radius 3 is 0.724 bits per heavy atom. The summed E-state index contributed by atoms with van der Waals surface area (Å²) in [4.78, 5) is 0. The van der Waals surface area contributed by atoms with Crippen molar-refractivity contribution in [2.45, 2.75) is 61.1 Å². The van der Waals surface area contributed by atoms with Crippen LogP contribution in [0.25, 0.3) is 0 Å². The fraction of sp³-hybridized carbons (Fsp3) is 1.00. The SMILES string of the molecule is FC(C(F)(F)F)C(F)(F)C(OC(C(F)(F)F)C(F)(F)C(F)C(F)(F)F)C(F)(F)F. The van der Waals surface area contributed by atoms with Gasteiger partial charge in [-0.2, -0.15) is 70.2 Å². The molecule has 4 unspecified atom stereocenters. The minimum Gasteiger partial charge on any atom is -0.344 e. The van der Waals surface area contributed by atoms with Gasteiger partial charge in [0.25, 0.3) is 12.3 Å². The molecule has 0 fully saturated rings. The summed E-state index contributed by atoms with van der Waals surface area (Å²) in [5.74, 6) is -14.2. The molecule has 0 saturated carbocycles. The Hall–Kier alpha value is -1.30. The van der Waals surface area contributed by atoms with Gasteiger partial charge in [0.15, 0.2) is 0 Å². The van der Waals surface area contributed by atoms with Crippen molar-refractivity contribution < 1.29 is 83.8 Å². The molecule has 0 aliphatic heterocycles. The second-order valence-corrected chi connectivity index (χ2v) is 5.14. The van der Waals surface area contributed by atoms with Crippen molar-refractivity contribution in [2.24, 2.45) is 0 Å². The van der Waals surface area contributed by atoms with Crippen LogP contribution in [0.4, 0.5) is 79.0 Å². The largest absolute Gasteiger partial charge is 0.425 e. The molecule has 0 spiro atoms. The van der Waals surface area contributed by atoms with E-state index in [0.717, 1.165) is 0 Å². The summed E-state index contributed by atoms with van der Waals surface area (Å²) >= 11 is 0. The average molecular weight is 482 g/mol. The smallest absolute Gasteiger partial charge is 0.344 e. The predicted octanol–water partition coefficient (Wildman–Crippen LogP) is 5.94. The fourth-order valence-corrected chi connectivity index (χ4v) is 1.61. The zero-order valence-corrected chi connectivity index (χ0v) is 12.5. The molecule has 0 radical (unpaired) electrons. The first-order chi connectivity index (χ1) is 12.3. The van der Waals surface area contributed by atoms with E-state index in [1.54, 1.807) is 0 Å². The fourth-order valence-electron chi connectivity index (χ4n) is 1.61. The van der Waals surface area contributed by atoms with Crippen LogP contribution in [0.15, 0.2) is 0 Å². The highest BCUT2D eigenvalue weighted by atomic mass is 19.4. The Bertz CT molecular complexity index is 489. The third-order valence-corrected chi connectivity index (χ3v) is 2.82. The Labute approximate surface area is 146 Å². The lowest BCUT2D eigenvalue weighted by atomic mass is 10.0. The van der Waals surface area contributed by atoms with Crippen LogP contribution in [0.2, 0.25) is 0 Å². The van der Waals surface area contributed by atoms with Crippen LogP contribution in [-0.4, -0.2) is 61.1 Å². The molecule has 0 aromatic rings. The summed E-state index contributed by atoms with van der Waals surface area (Å²) in [6, 6.07) is 0.